The van der Waals surface area contributed by atoms with E-state index < -0.39 is 0 Å². The van der Waals surface area contributed by atoms with Gasteiger partial charge in [0.2, 0.25) is 0 Å². The summed E-state index contributed by atoms with van der Waals surface area (Å²) in [6.45, 7) is 7.55. The van der Waals surface area contributed by atoms with Gasteiger partial charge in [-0.1, -0.05) is 13.8 Å². The van der Waals surface area contributed by atoms with E-state index in [0.29, 0.717) is 24.7 Å². The predicted molar refractivity (Wildman–Crippen MR) is 67.3 cm³/mol. The topological polar surface area (TPSA) is 46.1 Å². The van der Waals surface area contributed by atoms with Crippen molar-refractivity contribution in [3.8, 4) is 0 Å². The maximum Gasteiger partial charge on any atom is 0.152 e. The molecule has 0 aromatic carbocycles. The number of Topliss-reactive ketones (excluding diaryl/α,β-unsaturated/α-hetero) is 1. The van der Waals surface area contributed by atoms with E-state index in [1.165, 1.54) is 0 Å². The van der Waals surface area contributed by atoms with Crippen LogP contribution in [-0.4, -0.2) is 28.8 Å². The third-order valence-electron chi connectivity index (χ3n) is 2.95. The van der Waals surface area contributed by atoms with Gasteiger partial charge in [0.15, 0.2) is 5.78 Å². The van der Waals surface area contributed by atoms with Gasteiger partial charge in [0.05, 0.1) is 6.54 Å². The van der Waals surface area contributed by atoms with Gasteiger partial charge in [0.25, 0.3) is 0 Å². The van der Waals surface area contributed by atoms with Crippen LogP contribution >= 0.6 is 0 Å². The molecule has 1 aromatic rings. The van der Waals surface area contributed by atoms with Crippen molar-refractivity contribution in [3.05, 3.63) is 17.6 Å². The van der Waals surface area contributed by atoms with E-state index >= 15 is 0 Å². The molecule has 0 radical (unpaired) electrons. The van der Waals surface area contributed by atoms with E-state index in [9.17, 15) is 4.79 Å². The van der Waals surface area contributed by atoms with Crippen LogP contribution in [0.15, 0.2) is 6.07 Å². The average Bonchev–Trinajstić information content (AvgIpc) is 2.28. The van der Waals surface area contributed by atoms with Crippen molar-refractivity contribution in [2.75, 3.05) is 18.0 Å². The zero-order valence-corrected chi connectivity index (χ0v) is 10.7. The number of ketones is 1. The van der Waals surface area contributed by atoms with E-state index in [4.69, 9.17) is 0 Å². The van der Waals surface area contributed by atoms with Crippen molar-refractivity contribution in [2.24, 2.45) is 0 Å². The summed E-state index contributed by atoms with van der Waals surface area (Å²) in [4.78, 5) is 22.5. The van der Waals surface area contributed by atoms with E-state index in [2.05, 4.69) is 28.7 Å². The Kier molecular flexibility index (Phi) is 3.41. The summed E-state index contributed by atoms with van der Waals surface area (Å²) >= 11 is 0. The highest BCUT2D eigenvalue weighted by Gasteiger charge is 2.19. The van der Waals surface area contributed by atoms with Crippen LogP contribution in [0.25, 0.3) is 0 Å². The number of nitrogens with zero attached hydrogens (tertiary/aromatic N) is 3. The average molecular weight is 233 g/mol. The van der Waals surface area contributed by atoms with Gasteiger partial charge in [-0.25, -0.2) is 9.97 Å². The molecule has 1 aliphatic rings. The van der Waals surface area contributed by atoms with Gasteiger partial charge in [-0.3, -0.25) is 4.79 Å². The zero-order valence-electron chi connectivity index (χ0n) is 10.7. The summed E-state index contributed by atoms with van der Waals surface area (Å²) in [5.74, 6) is 2.38. The molecule has 92 valence electrons. The van der Waals surface area contributed by atoms with Crippen LogP contribution in [0.4, 0.5) is 5.82 Å². The number of anilines is 1. The third kappa shape index (κ3) is 2.81. The van der Waals surface area contributed by atoms with Gasteiger partial charge in [0, 0.05) is 30.6 Å². The van der Waals surface area contributed by atoms with Crippen molar-refractivity contribution >= 4 is 11.6 Å². The van der Waals surface area contributed by atoms with Crippen LogP contribution in [-0.2, 0) is 4.79 Å². The van der Waals surface area contributed by atoms with Crippen LogP contribution in [0, 0.1) is 6.92 Å². The number of rotatable bonds is 2. The molecule has 1 fully saturated rings. The number of piperidine rings is 1. The highest BCUT2D eigenvalue weighted by Crippen LogP contribution is 2.19. The first-order valence-electron chi connectivity index (χ1n) is 6.18. The second kappa shape index (κ2) is 4.82. The van der Waals surface area contributed by atoms with Gasteiger partial charge in [-0.2, -0.15) is 0 Å². The summed E-state index contributed by atoms with van der Waals surface area (Å²) in [7, 11) is 0. The number of aryl methyl sites for hydroxylation is 1. The maximum absolute atomic E-state index is 11.5. The monoisotopic (exact) mass is 233 g/mol. The Morgan fingerprint density at radius 2 is 2.12 bits per heavy atom. The molecular weight excluding hydrogens is 214 g/mol. The lowest BCUT2D eigenvalue weighted by Gasteiger charge is -2.27. The second-order valence-electron chi connectivity index (χ2n) is 4.94. The SMILES string of the molecule is Cc1cc(N2CCCC(=O)C2)nc(C(C)C)n1. The molecule has 0 unspecified atom stereocenters. The number of carbonyl (C=O) groups is 1. The van der Waals surface area contributed by atoms with Crippen molar-refractivity contribution in [1.82, 2.24) is 9.97 Å². The molecule has 4 heteroatoms. The minimum atomic E-state index is 0.304. The Hall–Kier alpha value is -1.45. The quantitative estimate of drug-likeness (QED) is 0.784. The normalized spacial score (nSPS) is 16.7. The Morgan fingerprint density at radius 1 is 1.35 bits per heavy atom. The number of carbonyl (C=O) groups excluding carboxylic acids is 1. The Morgan fingerprint density at radius 3 is 2.76 bits per heavy atom. The predicted octanol–water partition coefficient (Wildman–Crippen LogP) is 2.08. The van der Waals surface area contributed by atoms with Gasteiger partial charge < -0.3 is 4.90 Å². The molecule has 2 rings (SSSR count). The van der Waals surface area contributed by atoms with E-state index in [-0.39, 0.29) is 0 Å². The largest absolute Gasteiger partial charge is 0.349 e. The van der Waals surface area contributed by atoms with Gasteiger partial charge >= 0.3 is 0 Å². The lowest BCUT2D eigenvalue weighted by atomic mass is 10.1. The molecule has 1 aliphatic heterocycles. The highest BCUT2D eigenvalue weighted by atomic mass is 16.1. The van der Waals surface area contributed by atoms with Crippen LogP contribution in [0.1, 0.15) is 44.1 Å². The summed E-state index contributed by atoms with van der Waals surface area (Å²) in [6, 6.07) is 1.96. The van der Waals surface area contributed by atoms with Crippen molar-refractivity contribution in [1.29, 1.82) is 0 Å². The summed E-state index contributed by atoms with van der Waals surface area (Å²) < 4.78 is 0. The first-order chi connectivity index (χ1) is 8.06. The fraction of sp³-hybridized carbons (Fsp3) is 0.615. The minimum Gasteiger partial charge on any atom is -0.349 e. The lowest BCUT2D eigenvalue weighted by molar-refractivity contribution is -0.118. The molecule has 0 bridgehead atoms. The van der Waals surface area contributed by atoms with Crippen LogP contribution < -0.4 is 4.90 Å². The fourth-order valence-corrected chi connectivity index (χ4v) is 2.03. The standard InChI is InChI=1S/C13H19N3O/c1-9(2)13-14-10(3)7-12(15-13)16-6-4-5-11(17)8-16/h7,9H,4-6,8H2,1-3H3. The summed E-state index contributed by atoms with van der Waals surface area (Å²) in [5.41, 5.74) is 0.969. The van der Waals surface area contributed by atoms with Crippen LogP contribution in [0.3, 0.4) is 0 Å². The molecule has 0 spiro atoms. The molecule has 1 aromatic heterocycles. The molecule has 2 heterocycles. The number of aromatic nitrogens is 2. The lowest BCUT2D eigenvalue weighted by Crippen LogP contribution is -2.36. The van der Waals surface area contributed by atoms with Crippen molar-refractivity contribution in [3.63, 3.8) is 0 Å². The third-order valence-corrected chi connectivity index (χ3v) is 2.95. The van der Waals surface area contributed by atoms with Gasteiger partial charge in [-0.15, -0.1) is 0 Å². The van der Waals surface area contributed by atoms with E-state index in [0.717, 1.165) is 30.3 Å². The van der Waals surface area contributed by atoms with Crippen molar-refractivity contribution in [2.45, 2.75) is 39.5 Å². The molecule has 0 amide bonds. The summed E-state index contributed by atoms with van der Waals surface area (Å²) in [5, 5.41) is 0. The molecule has 17 heavy (non-hydrogen) atoms. The highest BCUT2D eigenvalue weighted by molar-refractivity contribution is 5.84. The van der Waals surface area contributed by atoms with Crippen LogP contribution in [0.5, 0.6) is 0 Å². The second-order valence-corrected chi connectivity index (χ2v) is 4.94. The first kappa shape index (κ1) is 12.0. The Bertz CT molecular complexity index is 429. The van der Waals surface area contributed by atoms with Crippen LogP contribution in [0.2, 0.25) is 0 Å². The molecule has 0 saturated carbocycles. The van der Waals surface area contributed by atoms with Crippen molar-refractivity contribution < 1.29 is 4.79 Å². The zero-order chi connectivity index (χ0) is 12.4. The molecule has 0 aliphatic carbocycles. The summed E-state index contributed by atoms with van der Waals surface area (Å²) in [6.07, 6.45) is 1.64. The van der Waals surface area contributed by atoms with Gasteiger partial charge in [-0.05, 0) is 13.3 Å². The smallest absolute Gasteiger partial charge is 0.152 e. The number of hydrogen-bond donors (Lipinski definition) is 0. The Labute approximate surface area is 102 Å². The molecule has 4 nitrogen and oxygen atoms in total. The molecule has 1 saturated heterocycles. The minimum absolute atomic E-state index is 0.304. The number of hydrogen-bond acceptors (Lipinski definition) is 4. The molecular formula is C13H19N3O. The fourth-order valence-electron chi connectivity index (χ4n) is 2.03. The maximum atomic E-state index is 11.5. The molecule has 0 N–H and O–H groups in total. The van der Waals surface area contributed by atoms with Gasteiger partial charge in [0.1, 0.15) is 11.6 Å². The van der Waals surface area contributed by atoms with E-state index in [1.807, 2.05) is 13.0 Å². The first-order valence-corrected chi connectivity index (χ1v) is 6.18. The van der Waals surface area contributed by atoms with E-state index in [1.54, 1.807) is 0 Å². The Balaban J connectivity index is 2.28. The molecule has 0 atom stereocenters.